The van der Waals surface area contributed by atoms with Crippen molar-refractivity contribution in [2.24, 2.45) is 5.92 Å². The maximum Gasteiger partial charge on any atom is 0.264 e. The van der Waals surface area contributed by atoms with Crippen LogP contribution in [0.5, 0.6) is 5.75 Å². The number of nitrogens with zero attached hydrogens (tertiary/aromatic N) is 2. The first-order valence-corrected chi connectivity index (χ1v) is 15.8. The van der Waals surface area contributed by atoms with Crippen LogP contribution in [0.4, 0.5) is 5.69 Å². The first-order valence-electron chi connectivity index (χ1n) is 14.4. The molecule has 0 saturated heterocycles. The van der Waals surface area contributed by atoms with Gasteiger partial charge in [0, 0.05) is 13.1 Å². The predicted octanol–water partition coefficient (Wildman–Crippen LogP) is 5.48. The number of carbonyl (C=O) groups is 2. The van der Waals surface area contributed by atoms with Crippen molar-refractivity contribution < 1.29 is 22.7 Å². The normalized spacial score (nSPS) is 12.1. The van der Waals surface area contributed by atoms with Gasteiger partial charge in [-0.25, -0.2) is 8.42 Å². The molecule has 0 aliphatic heterocycles. The third-order valence-electron chi connectivity index (χ3n) is 6.83. The second kappa shape index (κ2) is 14.9. The van der Waals surface area contributed by atoms with Gasteiger partial charge in [-0.2, -0.15) is 0 Å². The third kappa shape index (κ3) is 8.58. The number of hydrogen-bond donors (Lipinski definition) is 1. The molecule has 0 saturated carbocycles. The number of hydrogen-bond acceptors (Lipinski definition) is 5. The molecule has 3 aromatic rings. The van der Waals surface area contributed by atoms with Gasteiger partial charge in [-0.1, -0.05) is 68.3 Å². The van der Waals surface area contributed by atoms with E-state index >= 15 is 0 Å². The van der Waals surface area contributed by atoms with Gasteiger partial charge in [0.1, 0.15) is 18.3 Å². The second-order valence-electron chi connectivity index (χ2n) is 10.8. The van der Waals surface area contributed by atoms with Gasteiger partial charge < -0.3 is 15.0 Å². The maximum atomic E-state index is 14.2. The van der Waals surface area contributed by atoms with Gasteiger partial charge in [0.2, 0.25) is 11.8 Å². The summed E-state index contributed by atoms with van der Waals surface area (Å²) in [6, 6.07) is 20.1. The number of ether oxygens (including phenoxy) is 1. The number of nitrogens with one attached hydrogen (secondary N) is 1. The lowest BCUT2D eigenvalue weighted by molar-refractivity contribution is -0.140. The van der Waals surface area contributed by atoms with E-state index in [1.807, 2.05) is 65.8 Å². The summed E-state index contributed by atoms with van der Waals surface area (Å²) in [5, 5.41) is 2.95. The van der Waals surface area contributed by atoms with Crippen molar-refractivity contribution in [3.05, 3.63) is 89.5 Å². The number of benzene rings is 3. The highest BCUT2D eigenvalue weighted by Gasteiger charge is 2.33. The zero-order valence-corrected chi connectivity index (χ0v) is 26.3. The Morgan fingerprint density at radius 1 is 0.905 bits per heavy atom. The number of sulfonamides is 1. The first kappa shape index (κ1) is 32.7. The monoisotopic (exact) mass is 593 g/mol. The van der Waals surface area contributed by atoms with Crippen molar-refractivity contribution >= 4 is 27.5 Å². The fraction of sp³-hybridized carbons (Fsp3) is 0.394. The molecule has 0 radical (unpaired) electrons. The Balaban J connectivity index is 2.05. The minimum atomic E-state index is -4.13. The molecule has 0 spiro atoms. The quantitative estimate of drug-likeness (QED) is 0.267. The largest absolute Gasteiger partial charge is 0.494 e. The summed E-state index contributed by atoms with van der Waals surface area (Å²) < 4.78 is 34.7. The van der Waals surface area contributed by atoms with Gasteiger partial charge in [0.15, 0.2) is 0 Å². The van der Waals surface area contributed by atoms with Gasteiger partial charge in [-0.3, -0.25) is 13.9 Å². The minimum absolute atomic E-state index is 0.0711. The summed E-state index contributed by atoms with van der Waals surface area (Å²) in [5.41, 5.74) is 3.11. The molecule has 0 aliphatic rings. The predicted molar refractivity (Wildman–Crippen MR) is 167 cm³/mol. The van der Waals surface area contributed by atoms with Crippen molar-refractivity contribution in [1.29, 1.82) is 0 Å². The molecule has 3 rings (SSSR count). The molecule has 0 aromatic heterocycles. The van der Waals surface area contributed by atoms with Crippen LogP contribution >= 0.6 is 0 Å². The molecule has 1 unspecified atom stereocenters. The van der Waals surface area contributed by atoms with Gasteiger partial charge >= 0.3 is 0 Å². The highest BCUT2D eigenvalue weighted by atomic mass is 32.2. The van der Waals surface area contributed by atoms with Crippen molar-refractivity contribution in [2.45, 2.75) is 65.4 Å². The molecular weight excluding hydrogens is 550 g/mol. The summed E-state index contributed by atoms with van der Waals surface area (Å²) in [7, 11) is -4.13. The van der Waals surface area contributed by atoms with E-state index in [1.165, 1.54) is 17.0 Å². The molecule has 9 heteroatoms. The van der Waals surface area contributed by atoms with E-state index in [9.17, 15) is 18.0 Å². The molecule has 0 bridgehead atoms. The van der Waals surface area contributed by atoms with Gasteiger partial charge in [0.25, 0.3) is 10.0 Å². The number of amides is 2. The van der Waals surface area contributed by atoms with E-state index in [0.29, 0.717) is 31.0 Å². The van der Waals surface area contributed by atoms with Gasteiger partial charge in [-0.05, 0) is 75.1 Å². The standard InChI is InChI=1S/C33H43N3O5S/c1-7-31(33(38)34-21-24(3)4)35(22-27-11-9-10-26(6)20-27)32(37)23-36(28-14-16-29(17-15-28)41-8-2)42(39,40)30-18-12-25(5)13-19-30/h9-20,24,31H,7-8,21-23H2,1-6H3,(H,34,38). The molecule has 8 nitrogen and oxygen atoms in total. The molecule has 0 fully saturated rings. The van der Waals surface area contributed by atoms with Crippen LogP contribution in [0.15, 0.2) is 77.7 Å². The fourth-order valence-electron chi connectivity index (χ4n) is 4.59. The molecule has 1 N–H and O–H groups in total. The maximum absolute atomic E-state index is 14.2. The lowest BCUT2D eigenvalue weighted by Gasteiger charge is -2.33. The number of carbonyl (C=O) groups excluding carboxylic acids is 2. The summed E-state index contributed by atoms with van der Waals surface area (Å²) in [6.45, 7) is 12.2. The Kier molecular flexibility index (Phi) is 11.6. The highest BCUT2D eigenvalue weighted by Crippen LogP contribution is 2.27. The van der Waals surface area contributed by atoms with Gasteiger partial charge in [0.05, 0.1) is 17.2 Å². The Bertz CT molecular complexity index is 1440. The fourth-order valence-corrected chi connectivity index (χ4v) is 6.00. The third-order valence-corrected chi connectivity index (χ3v) is 8.62. The number of anilines is 1. The smallest absolute Gasteiger partial charge is 0.264 e. The molecule has 0 aliphatic carbocycles. The van der Waals surface area contributed by atoms with Crippen LogP contribution in [0.25, 0.3) is 0 Å². The Morgan fingerprint density at radius 3 is 2.14 bits per heavy atom. The first-order chi connectivity index (χ1) is 20.0. The molecule has 3 aromatic carbocycles. The van der Waals surface area contributed by atoms with E-state index in [-0.39, 0.29) is 23.3 Å². The van der Waals surface area contributed by atoms with Crippen molar-refractivity contribution in [2.75, 3.05) is 24.0 Å². The van der Waals surface area contributed by atoms with Crippen LogP contribution in [0, 0.1) is 19.8 Å². The van der Waals surface area contributed by atoms with Crippen LogP contribution in [0.2, 0.25) is 0 Å². The van der Waals surface area contributed by atoms with E-state index in [4.69, 9.17) is 4.74 Å². The molecule has 2 amide bonds. The average Bonchev–Trinajstić information content (AvgIpc) is 2.95. The summed E-state index contributed by atoms with van der Waals surface area (Å²) in [5.74, 6) is 0.0882. The Hall–Kier alpha value is -3.85. The van der Waals surface area contributed by atoms with Crippen molar-refractivity contribution in [1.82, 2.24) is 10.2 Å². The minimum Gasteiger partial charge on any atom is -0.494 e. The number of rotatable bonds is 14. The summed E-state index contributed by atoms with van der Waals surface area (Å²) in [4.78, 5) is 29.1. The molecule has 0 heterocycles. The highest BCUT2D eigenvalue weighted by molar-refractivity contribution is 7.92. The SMILES string of the molecule is CCOc1ccc(N(CC(=O)N(Cc2cccc(C)c2)C(CC)C(=O)NCC(C)C)S(=O)(=O)c2ccc(C)cc2)cc1. The van der Waals surface area contributed by atoms with Crippen LogP contribution in [0.3, 0.4) is 0 Å². The summed E-state index contributed by atoms with van der Waals surface area (Å²) >= 11 is 0. The van der Waals surface area contributed by atoms with Crippen LogP contribution in [-0.4, -0.2) is 50.9 Å². The van der Waals surface area contributed by atoms with Crippen LogP contribution < -0.4 is 14.4 Å². The summed E-state index contributed by atoms with van der Waals surface area (Å²) in [6.07, 6.45) is 0.370. The van der Waals surface area contributed by atoms with Crippen molar-refractivity contribution in [3.63, 3.8) is 0 Å². The van der Waals surface area contributed by atoms with Gasteiger partial charge in [-0.15, -0.1) is 0 Å². The Morgan fingerprint density at radius 2 is 1.57 bits per heavy atom. The molecule has 226 valence electrons. The Labute approximate surface area is 250 Å². The van der Waals surface area contributed by atoms with Crippen LogP contribution in [0.1, 0.15) is 50.8 Å². The van der Waals surface area contributed by atoms with E-state index in [1.54, 1.807) is 36.4 Å². The average molecular weight is 594 g/mol. The van der Waals surface area contributed by atoms with Crippen LogP contribution in [-0.2, 0) is 26.2 Å². The second-order valence-corrected chi connectivity index (χ2v) is 12.7. The zero-order valence-electron chi connectivity index (χ0n) is 25.5. The van der Waals surface area contributed by atoms with E-state index in [0.717, 1.165) is 21.0 Å². The van der Waals surface area contributed by atoms with E-state index in [2.05, 4.69) is 5.32 Å². The van der Waals surface area contributed by atoms with E-state index < -0.39 is 28.5 Å². The molecular formula is C33H43N3O5S. The lowest BCUT2D eigenvalue weighted by Crippen LogP contribution is -2.52. The topological polar surface area (TPSA) is 96.0 Å². The molecule has 1 atom stereocenters. The lowest BCUT2D eigenvalue weighted by atomic mass is 10.1. The molecule has 42 heavy (non-hydrogen) atoms. The number of aryl methyl sites for hydroxylation is 2. The zero-order chi connectivity index (χ0) is 30.9. The van der Waals surface area contributed by atoms with Crippen molar-refractivity contribution in [3.8, 4) is 5.75 Å².